The molecule has 0 heterocycles. The minimum Gasteiger partial charge on any atom is -0.434 e. The first kappa shape index (κ1) is 11.8. The van der Waals surface area contributed by atoms with Crippen molar-refractivity contribution in [2.24, 2.45) is 5.92 Å². The number of alkyl halides is 2. The van der Waals surface area contributed by atoms with Crippen molar-refractivity contribution in [1.82, 2.24) is 0 Å². The molecule has 1 saturated carbocycles. The van der Waals surface area contributed by atoms with Gasteiger partial charge in [-0.3, -0.25) is 4.79 Å². The molecule has 5 heteroatoms. The molecule has 1 aromatic rings. The Morgan fingerprint density at radius 1 is 1.47 bits per heavy atom. The second-order valence-electron chi connectivity index (χ2n) is 4.12. The minimum atomic E-state index is -2.86. The highest BCUT2D eigenvalue weighted by molar-refractivity contribution is 5.94. The molecule has 1 fully saturated rings. The van der Waals surface area contributed by atoms with Crippen LogP contribution in [0, 0.1) is 12.8 Å². The quantitative estimate of drug-likeness (QED) is 0.880. The summed E-state index contributed by atoms with van der Waals surface area (Å²) in [5.74, 6) is 0.112. The van der Waals surface area contributed by atoms with E-state index in [4.69, 9.17) is 0 Å². The topological polar surface area (TPSA) is 38.3 Å². The summed E-state index contributed by atoms with van der Waals surface area (Å²) in [5.41, 5.74) is 1.10. The predicted molar refractivity (Wildman–Crippen MR) is 59.2 cm³/mol. The minimum absolute atomic E-state index is 0.0585. The molecule has 1 aliphatic carbocycles. The first-order chi connectivity index (χ1) is 8.06. The standard InChI is InChI=1S/C12H13F2NO2/c1-7-2-5-9(6-10(7)17-12(13)14)15-11(16)8-3-4-8/h2,5-6,8,12H,3-4H2,1H3,(H,15,16). The second kappa shape index (κ2) is 4.69. The molecule has 0 radical (unpaired) electrons. The van der Waals surface area contributed by atoms with Crippen LogP contribution >= 0.6 is 0 Å². The molecule has 0 saturated heterocycles. The third kappa shape index (κ3) is 3.15. The van der Waals surface area contributed by atoms with Gasteiger partial charge in [0.1, 0.15) is 5.75 Å². The third-order valence-electron chi connectivity index (χ3n) is 2.62. The molecule has 0 unspecified atom stereocenters. The number of amides is 1. The molecule has 17 heavy (non-hydrogen) atoms. The van der Waals surface area contributed by atoms with Crippen molar-refractivity contribution in [3.05, 3.63) is 23.8 Å². The Bertz CT molecular complexity index is 431. The summed E-state index contributed by atoms with van der Waals surface area (Å²) < 4.78 is 28.6. The zero-order valence-corrected chi connectivity index (χ0v) is 9.37. The van der Waals surface area contributed by atoms with Crippen molar-refractivity contribution in [3.8, 4) is 5.75 Å². The molecule has 1 aliphatic rings. The van der Waals surface area contributed by atoms with Crippen LogP contribution in [-0.4, -0.2) is 12.5 Å². The smallest absolute Gasteiger partial charge is 0.387 e. The molecule has 0 aliphatic heterocycles. The summed E-state index contributed by atoms with van der Waals surface area (Å²) in [6.45, 7) is -1.19. The number of hydrogen-bond acceptors (Lipinski definition) is 2. The van der Waals surface area contributed by atoms with Crippen LogP contribution in [-0.2, 0) is 4.79 Å². The SMILES string of the molecule is Cc1ccc(NC(=O)C2CC2)cc1OC(F)F. The summed E-state index contributed by atoms with van der Waals surface area (Å²) in [7, 11) is 0. The van der Waals surface area contributed by atoms with Crippen molar-refractivity contribution < 1.29 is 18.3 Å². The van der Waals surface area contributed by atoms with Crippen LogP contribution in [0.15, 0.2) is 18.2 Å². The van der Waals surface area contributed by atoms with Crippen LogP contribution in [0.4, 0.5) is 14.5 Å². The van der Waals surface area contributed by atoms with Gasteiger partial charge < -0.3 is 10.1 Å². The second-order valence-corrected chi connectivity index (χ2v) is 4.12. The first-order valence-electron chi connectivity index (χ1n) is 5.42. The lowest BCUT2D eigenvalue weighted by Crippen LogP contribution is -2.13. The van der Waals surface area contributed by atoms with Gasteiger partial charge in [0.2, 0.25) is 5.91 Å². The largest absolute Gasteiger partial charge is 0.434 e. The fraction of sp³-hybridized carbons (Fsp3) is 0.417. The zero-order valence-electron chi connectivity index (χ0n) is 9.37. The van der Waals surface area contributed by atoms with Gasteiger partial charge in [-0.15, -0.1) is 0 Å². The Morgan fingerprint density at radius 2 is 2.18 bits per heavy atom. The van der Waals surface area contributed by atoms with Crippen LogP contribution in [0.2, 0.25) is 0 Å². The molecule has 3 nitrogen and oxygen atoms in total. The van der Waals surface area contributed by atoms with E-state index in [9.17, 15) is 13.6 Å². The number of rotatable bonds is 4. The van der Waals surface area contributed by atoms with E-state index >= 15 is 0 Å². The number of aryl methyl sites for hydroxylation is 1. The maximum atomic E-state index is 12.1. The van der Waals surface area contributed by atoms with E-state index in [1.165, 1.54) is 6.07 Å². The average Bonchev–Trinajstić information content (AvgIpc) is 3.05. The highest BCUT2D eigenvalue weighted by atomic mass is 19.3. The van der Waals surface area contributed by atoms with Crippen molar-refractivity contribution in [1.29, 1.82) is 0 Å². The molecule has 2 rings (SSSR count). The van der Waals surface area contributed by atoms with Crippen LogP contribution < -0.4 is 10.1 Å². The summed E-state index contributed by atoms with van der Waals surface area (Å²) in [6, 6.07) is 4.73. The number of halogens is 2. The molecule has 0 spiro atoms. The Morgan fingerprint density at radius 3 is 2.76 bits per heavy atom. The predicted octanol–water partition coefficient (Wildman–Crippen LogP) is 2.94. The van der Waals surface area contributed by atoms with E-state index in [1.807, 2.05) is 0 Å². The molecule has 0 atom stereocenters. The van der Waals surface area contributed by atoms with Crippen LogP contribution in [0.5, 0.6) is 5.75 Å². The van der Waals surface area contributed by atoms with Crippen molar-refractivity contribution in [3.63, 3.8) is 0 Å². The number of hydrogen-bond donors (Lipinski definition) is 1. The van der Waals surface area contributed by atoms with Gasteiger partial charge in [-0.1, -0.05) is 6.07 Å². The molecular weight excluding hydrogens is 228 g/mol. The Balaban J connectivity index is 2.09. The van der Waals surface area contributed by atoms with Gasteiger partial charge in [-0.05, 0) is 31.4 Å². The van der Waals surface area contributed by atoms with Gasteiger partial charge >= 0.3 is 6.61 Å². The van der Waals surface area contributed by atoms with E-state index < -0.39 is 6.61 Å². The van der Waals surface area contributed by atoms with Gasteiger partial charge in [0.15, 0.2) is 0 Å². The van der Waals surface area contributed by atoms with Gasteiger partial charge in [0.05, 0.1) is 0 Å². The number of carbonyl (C=O) groups excluding carboxylic acids is 1. The average molecular weight is 241 g/mol. The highest BCUT2D eigenvalue weighted by Gasteiger charge is 2.29. The molecule has 1 aromatic carbocycles. The number of ether oxygens (including phenoxy) is 1. The maximum Gasteiger partial charge on any atom is 0.387 e. The number of anilines is 1. The fourth-order valence-corrected chi connectivity index (χ4v) is 1.49. The fourth-order valence-electron chi connectivity index (χ4n) is 1.49. The molecule has 0 aromatic heterocycles. The lowest BCUT2D eigenvalue weighted by atomic mass is 10.2. The van der Waals surface area contributed by atoms with E-state index in [2.05, 4.69) is 10.1 Å². The number of nitrogens with one attached hydrogen (secondary N) is 1. The number of benzene rings is 1. The highest BCUT2D eigenvalue weighted by Crippen LogP contribution is 2.31. The summed E-state index contributed by atoms with van der Waals surface area (Å²) in [5, 5.41) is 2.68. The van der Waals surface area contributed by atoms with Gasteiger partial charge in [-0.25, -0.2) is 0 Å². The molecule has 1 amide bonds. The summed E-state index contributed by atoms with van der Waals surface area (Å²) in [6.07, 6.45) is 1.80. The molecule has 92 valence electrons. The molecule has 1 N–H and O–H groups in total. The van der Waals surface area contributed by atoms with E-state index in [1.54, 1.807) is 19.1 Å². The maximum absolute atomic E-state index is 12.1. The molecule has 0 bridgehead atoms. The van der Waals surface area contributed by atoms with Crippen LogP contribution in [0.3, 0.4) is 0 Å². The summed E-state index contributed by atoms with van der Waals surface area (Å²) >= 11 is 0. The Kier molecular flexibility index (Phi) is 3.26. The van der Waals surface area contributed by atoms with E-state index in [-0.39, 0.29) is 17.6 Å². The lowest BCUT2D eigenvalue weighted by molar-refractivity contribution is -0.117. The van der Waals surface area contributed by atoms with Gasteiger partial charge in [0.25, 0.3) is 0 Å². The summed E-state index contributed by atoms with van der Waals surface area (Å²) in [4.78, 5) is 11.5. The normalized spacial score (nSPS) is 14.8. The Labute approximate surface area is 97.8 Å². The van der Waals surface area contributed by atoms with Crippen molar-refractivity contribution >= 4 is 11.6 Å². The number of carbonyl (C=O) groups is 1. The van der Waals surface area contributed by atoms with E-state index in [0.717, 1.165) is 12.8 Å². The Hall–Kier alpha value is -1.65. The van der Waals surface area contributed by atoms with Gasteiger partial charge in [-0.2, -0.15) is 8.78 Å². The van der Waals surface area contributed by atoms with Gasteiger partial charge in [0, 0.05) is 17.7 Å². The lowest BCUT2D eigenvalue weighted by Gasteiger charge is -2.10. The zero-order chi connectivity index (χ0) is 12.4. The van der Waals surface area contributed by atoms with Crippen LogP contribution in [0.25, 0.3) is 0 Å². The third-order valence-corrected chi connectivity index (χ3v) is 2.62. The van der Waals surface area contributed by atoms with Crippen molar-refractivity contribution in [2.45, 2.75) is 26.4 Å². The van der Waals surface area contributed by atoms with Crippen molar-refractivity contribution in [2.75, 3.05) is 5.32 Å². The monoisotopic (exact) mass is 241 g/mol. The van der Waals surface area contributed by atoms with Crippen LogP contribution in [0.1, 0.15) is 18.4 Å². The molecular formula is C12H13F2NO2. The van der Waals surface area contributed by atoms with E-state index in [0.29, 0.717) is 11.3 Å². The first-order valence-corrected chi connectivity index (χ1v) is 5.42.